The van der Waals surface area contributed by atoms with E-state index in [4.69, 9.17) is 5.73 Å². The maximum absolute atomic E-state index is 12.8. The molecule has 3 N–H and O–H groups in total. The largest absolute Gasteiger partial charge is 0.416 e. The van der Waals surface area contributed by atoms with E-state index >= 15 is 0 Å². The number of carbonyl (C=O) groups is 1. The SMILES string of the molecule is Cl.Cl.Cl.NC(=O)c1nc2cc(-c3cccc(C(F)(F)F)c3)ccc2[nH]1. The minimum Gasteiger partial charge on any atom is -0.363 e. The molecule has 0 unspecified atom stereocenters. The summed E-state index contributed by atoms with van der Waals surface area (Å²) in [5.41, 5.74) is 6.46. The van der Waals surface area contributed by atoms with E-state index in [1.807, 2.05) is 0 Å². The van der Waals surface area contributed by atoms with Crippen LogP contribution < -0.4 is 5.73 Å². The number of fused-ring (bicyclic) bond motifs is 1. The van der Waals surface area contributed by atoms with E-state index in [1.165, 1.54) is 6.07 Å². The van der Waals surface area contributed by atoms with Crippen molar-refractivity contribution in [3.8, 4) is 11.1 Å². The number of alkyl halides is 3. The Labute approximate surface area is 159 Å². The first-order chi connectivity index (χ1) is 10.3. The van der Waals surface area contributed by atoms with Crippen molar-refractivity contribution in [2.24, 2.45) is 5.73 Å². The van der Waals surface area contributed by atoms with E-state index in [2.05, 4.69) is 9.97 Å². The molecule has 2 aromatic carbocycles. The molecule has 1 heterocycles. The quantitative estimate of drug-likeness (QED) is 0.642. The summed E-state index contributed by atoms with van der Waals surface area (Å²) in [6, 6.07) is 9.92. The summed E-state index contributed by atoms with van der Waals surface area (Å²) >= 11 is 0. The molecule has 136 valence electrons. The molecule has 0 atom stereocenters. The van der Waals surface area contributed by atoms with E-state index < -0.39 is 17.6 Å². The number of hydrogen-bond acceptors (Lipinski definition) is 2. The van der Waals surface area contributed by atoms with Gasteiger partial charge in [0.15, 0.2) is 5.82 Å². The molecule has 3 rings (SSSR count). The summed E-state index contributed by atoms with van der Waals surface area (Å²) in [6.07, 6.45) is -4.40. The zero-order valence-electron chi connectivity index (χ0n) is 12.3. The number of primary amides is 1. The van der Waals surface area contributed by atoms with Gasteiger partial charge in [-0.1, -0.05) is 18.2 Å². The smallest absolute Gasteiger partial charge is 0.363 e. The Bertz CT molecular complexity index is 881. The minimum atomic E-state index is -4.40. The molecular formula is C15H13Cl3F3N3O. The molecule has 0 aliphatic rings. The fraction of sp³-hybridized carbons (Fsp3) is 0.0667. The number of nitrogens with one attached hydrogen (secondary N) is 1. The fourth-order valence-electron chi connectivity index (χ4n) is 2.18. The minimum absolute atomic E-state index is 0. The van der Waals surface area contributed by atoms with Crippen LogP contribution >= 0.6 is 37.2 Å². The zero-order valence-corrected chi connectivity index (χ0v) is 14.8. The van der Waals surface area contributed by atoms with Crippen LogP contribution in [0.1, 0.15) is 16.2 Å². The number of aromatic nitrogens is 2. The first-order valence-electron chi connectivity index (χ1n) is 6.32. The van der Waals surface area contributed by atoms with Crippen molar-refractivity contribution in [2.75, 3.05) is 0 Å². The lowest BCUT2D eigenvalue weighted by atomic mass is 10.0. The molecule has 1 aromatic heterocycles. The van der Waals surface area contributed by atoms with Crippen LogP contribution in [0.5, 0.6) is 0 Å². The van der Waals surface area contributed by atoms with Crippen LogP contribution in [0, 0.1) is 0 Å². The number of halogens is 6. The average Bonchev–Trinajstić information content (AvgIpc) is 2.89. The van der Waals surface area contributed by atoms with Crippen molar-refractivity contribution in [1.82, 2.24) is 9.97 Å². The molecule has 0 bridgehead atoms. The highest BCUT2D eigenvalue weighted by Crippen LogP contribution is 2.32. The molecule has 0 aliphatic carbocycles. The highest BCUT2D eigenvalue weighted by atomic mass is 35.5. The Hall–Kier alpha value is -1.96. The van der Waals surface area contributed by atoms with Gasteiger partial charge in [0.25, 0.3) is 5.91 Å². The second-order valence-corrected chi connectivity index (χ2v) is 4.76. The molecule has 0 fully saturated rings. The van der Waals surface area contributed by atoms with Gasteiger partial charge in [0.1, 0.15) is 0 Å². The maximum atomic E-state index is 12.8. The second kappa shape index (κ2) is 8.42. The zero-order chi connectivity index (χ0) is 15.9. The van der Waals surface area contributed by atoms with Gasteiger partial charge in [-0.15, -0.1) is 37.2 Å². The van der Waals surface area contributed by atoms with Gasteiger partial charge >= 0.3 is 6.18 Å². The number of nitrogens with zero attached hydrogens (tertiary/aromatic N) is 1. The van der Waals surface area contributed by atoms with Gasteiger partial charge < -0.3 is 10.7 Å². The highest BCUT2D eigenvalue weighted by molar-refractivity contribution is 5.93. The van der Waals surface area contributed by atoms with Crippen molar-refractivity contribution in [3.63, 3.8) is 0 Å². The molecule has 1 amide bonds. The Morgan fingerprint density at radius 3 is 2.24 bits per heavy atom. The molecular weight excluding hydrogens is 402 g/mol. The van der Waals surface area contributed by atoms with Crippen LogP contribution in [0.25, 0.3) is 22.2 Å². The predicted octanol–water partition coefficient (Wildman–Crippen LogP) is 4.61. The monoisotopic (exact) mass is 413 g/mol. The number of amides is 1. The van der Waals surface area contributed by atoms with Crippen molar-refractivity contribution in [2.45, 2.75) is 6.18 Å². The summed E-state index contributed by atoms with van der Waals surface area (Å²) in [7, 11) is 0. The van der Waals surface area contributed by atoms with Crippen LogP contribution in [0.2, 0.25) is 0 Å². The van der Waals surface area contributed by atoms with Crippen LogP contribution in [0.3, 0.4) is 0 Å². The number of imidazole rings is 1. The summed E-state index contributed by atoms with van der Waals surface area (Å²) in [5, 5.41) is 0. The van der Waals surface area contributed by atoms with Crippen LogP contribution in [-0.4, -0.2) is 15.9 Å². The first-order valence-corrected chi connectivity index (χ1v) is 6.32. The normalized spacial score (nSPS) is 10.4. The van der Waals surface area contributed by atoms with Gasteiger partial charge in [0.05, 0.1) is 16.6 Å². The maximum Gasteiger partial charge on any atom is 0.416 e. The molecule has 0 aliphatic heterocycles. The number of H-pyrrole nitrogens is 1. The van der Waals surface area contributed by atoms with E-state index in [9.17, 15) is 18.0 Å². The Balaban J connectivity index is 0.00000192. The second-order valence-electron chi connectivity index (χ2n) is 4.76. The van der Waals surface area contributed by atoms with Gasteiger partial charge in [0.2, 0.25) is 0 Å². The molecule has 0 saturated carbocycles. The number of carbonyl (C=O) groups excluding carboxylic acids is 1. The lowest BCUT2D eigenvalue weighted by Gasteiger charge is -2.08. The molecule has 3 aromatic rings. The Morgan fingerprint density at radius 1 is 1.00 bits per heavy atom. The molecule has 0 radical (unpaired) electrons. The Morgan fingerprint density at radius 2 is 1.64 bits per heavy atom. The summed E-state index contributed by atoms with van der Waals surface area (Å²) in [5.74, 6) is -0.687. The topological polar surface area (TPSA) is 71.8 Å². The van der Waals surface area contributed by atoms with Gasteiger partial charge in [-0.3, -0.25) is 4.79 Å². The van der Waals surface area contributed by atoms with Gasteiger partial charge in [0, 0.05) is 0 Å². The van der Waals surface area contributed by atoms with Gasteiger partial charge in [-0.05, 0) is 35.4 Å². The summed E-state index contributed by atoms with van der Waals surface area (Å²) in [6.45, 7) is 0. The fourth-order valence-corrected chi connectivity index (χ4v) is 2.18. The van der Waals surface area contributed by atoms with E-state index in [0.717, 1.165) is 12.1 Å². The van der Waals surface area contributed by atoms with Crippen molar-refractivity contribution in [3.05, 3.63) is 53.9 Å². The van der Waals surface area contributed by atoms with E-state index in [-0.39, 0.29) is 43.0 Å². The summed E-state index contributed by atoms with van der Waals surface area (Å²) in [4.78, 5) is 17.8. The highest BCUT2D eigenvalue weighted by Gasteiger charge is 2.30. The average molecular weight is 415 g/mol. The molecule has 25 heavy (non-hydrogen) atoms. The third kappa shape index (κ3) is 4.78. The third-order valence-electron chi connectivity index (χ3n) is 3.24. The van der Waals surface area contributed by atoms with E-state index in [1.54, 1.807) is 24.3 Å². The molecule has 0 saturated heterocycles. The van der Waals surface area contributed by atoms with E-state index in [0.29, 0.717) is 22.2 Å². The standard InChI is InChI=1S/C15H10F3N3O.3ClH/c16-15(17,18)10-3-1-2-8(6-10)9-4-5-11-12(7-9)21-14(20-11)13(19)22;;;/h1-7H,(H2,19,22)(H,20,21);3*1H. The van der Waals surface area contributed by atoms with Crippen molar-refractivity contribution in [1.29, 1.82) is 0 Å². The third-order valence-corrected chi connectivity index (χ3v) is 3.24. The predicted molar refractivity (Wildman–Crippen MR) is 96.8 cm³/mol. The van der Waals surface area contributed by atoms with Gasteiger partial charge in [-0.2, -0.15) is 13.2 Å². The lowest BCUT2D eigenvalue weighted by Crippen LogP contribution is -2.12. The number of hydrogen-bond donors (Lipinski definition) is 2. The molecule has 0 spiro atoms. The molecule has 10 heteroatoms. The van der Waals surface area contributed by atoms with Crippen LogP contribution in [0.4, 0.5) is 13.2 Å². The molecule has 4 nitrogen and oxygen atoms in total. The van der Waals surface area contributed by atoms with Crippen LogP contribution in [-0.2, 0) is 6.18 Å². The number of rotatable bonds is 2. The van der Waals surface area contributed by atoms with Crippen LogP contribution in [0.15, 0.2) is 42.5 Å². The van der Waals surface area contributed by atoms with Crippen molar-refractivity contribution < 1.29 is 18.0 Å². The van der Waals surface area contributed by atoms with Gasteiger partial charge in [-0.25, -0.2) is 4.98 Å². The number of benzene rings is 2. The Kier molecular flexibility index (Phi) is 7.76. The number of aromatic amines is 1. The first kappa shape index (κ1) is 23.0. The summed E-state index contributed by atoms with van der Waals surface area (Å²) < 4.78 is 38.3. The number of nitrogens with two attached hydrogens (primary N) is 1. The lowest BCUT2D eigenvalue weighted by molar-refractivity contribution is -0.137. The van der Waals surface area contributed by atoms with Crippen molar-refractivity contribution >= 4 is 54.2 Å².